The van der Waals surface area contributed by atoms with Crippen LogP contribution in [0.2, 0.25) is 0 Å². The summed E-state index contributed by atoms with van der Waals surface area (Å²) in [4.78, 5) is 26.3. The van der Waals surface area contributed by atoms with Crippen LogP contribution in [-0.4, -0.2) is 39.0 Å². The monoisotopic (exact) mass is 300 g/mol. The van der Waals surface area contributed by atoms with Crippen molar-refractivity contribution in [1.29, 1.82) is 0 Å². The summed E-state index contributed by atoms with van der Waals surface area (Å²) < 4.78 is 18.6. The van der Waals surface area contributed by atoms with Crippen LogP contribution >= 0.6 is 0 Å². The molecule has 0 bridgehead atoms. The molecule has 2 unspecified atom stereocenters. The fraction of sp³-hybridized carbons (Fsp3) is 0.462. The Hall–Kier alpha value is -2.22. The van der Waals surface area contributed by atoms with Crippen molar-refractivity contribution >= 4 is 12.1 Å². The minimum Gasteiger partial charge on any atom is -0.479 e. The molecule has 116 valence electrons. The molecule has 0 aliphatic rings. The number of ether oxygens (including phenoxy) is 1. The van der Waals surface area contributed by atoms with Gasteiger partial charge in [0.2, 0.25) is 0 Å². The first-order valence-corrected chi connectivity index (χ1v) is 6.12. The summed E-state index contributed by atoms with van der Waals surface area (Å²) in [5, 5.41) is 20.6. The Labute approximate surface area is 120 Å². The molecule has 0 aromatic carbocycles. The van der Waals surface area contributed by atoms with E-state index in [0.29, 0.717) is 0 Å². The lowest BCUT2D eigenvalue weighted by atomic mass is 10.1. The normalized spacial score (nSPS) is 14.1. The van der Waals surface area contributed by atoms with Gasteiger partial charge < -0.3 is 20.3 Å². The Morgan fingerprint density at radius 3 is 2.52 bits per heavy atom. The lowest BCUT2D eigenvalue weighted by Gasteiger charge is -2.24. The molecule has 0 aliphatic heterocycles. The second-order valence-corrected chi connectivity index (χ2v) is 5.28. The summed E-state index contributed by atoms with van der Waals surface area (Å²) in [5.74, 6) is -2.47. The third kappa shape index (κ3) is 4.99. The molecule has 8 heteroatoms. The van der Waals surface area contributed by atoms with E-state index >= 15 is 0 Å². The standard InChI is InChI=1S/C13H17FN2O5/c1-13(2,3)21-12(20)16-9(10(17)11(18)19)8-7(14)5-4-6-15-8/h4-6,9-10,17H,1-3H3,(H,16,20)(H,18,19). The lowest BCUT2D eigenvalue weighted by molar-refractivity contribution is -0.148. The van der Waals surface area contributed by atoms with Gasteiger partial charge in [-0.2, -0.15) is 0 Å². The Kier molecular flexibility index (Phi) is 5.20. The van der Waals surface area contributed by atoms with Crippen molar-refractivity contribution in [2.45, 2.75) is 38.5 Å². The van der Waals surface area contributed by atoms with E-state index < -0.39 is 41.3 Å². The number of alkyl carbamates (subject to hydrolysis) is 1. The highest BCUT2D eigenvalue weighted by Crippen LogP contribution is 2.19. The molecule has 0 saturated heterocycles. The first-order valence-electron chi connectivity index (χ1n) is 6.12. The van der Waals surface area contributed by atoms with Crippen molar-refractivity contribution in [3.05, 3.63) is 29.8 Å². The average molecular weight is 300 g/mol. The highest BCUT2D eigenvalue weighted by atomic mass is 19.1. The number of hydrogen-bond donors (Lipinski definition) is 3. The first-order chi connectivity index (χ1) is 9.61. The molecule has 0 fully saturated rings. The van der Waals surface area contributed by atoms with Gasteiger partial charge in [0.1, 0.15) is 23.2 Å². The quantitative estimate of drug-likeness (QED) is 0.771. The maximum absolute atomic E-state index is 13.7. The van der Waals surface area contributed by atoms with Gasteiger partial charge in [0, 0.05) is 6.20 Å². The molecule has 0 radical (unpaired) electrons. The van der Waals surface area contributed by atoms with Gasteiger partial charge in [-0.25, -0.2) is 14.0 Å². The summed E-state index contributed by atoms with van der Waals surface area (Å²) in [7, 11) is 0. The third-order valence-electron chi connectivity index (χ3n) is 2.32. The van der Waals surface area contributed by atoms with Gasteiger partial charge in [-0.3, -0.25) is 4.98 Å². The molecular weight excluding hydrogens is 283 g/mol. The van der Waals surface area contributed by atoms with Gasteiger partial charge in [-0.1, -0.05) is 0 Å². The number of carbonyl (C=O) groups is 2. The molecule has 0 saturated carbocycles. The number of aliphatic hydroxyl groups is 1. The van der Waals surface area contributed by atoms with E-state index in [9.17, 15) is 19.1 Å². The second kappa shape index (κ2) is 6.49. The Morgan fingerprint density at radius 2 is 2.05 bits per heavy atom. The summed E-state index contributed by atoms with van der Waals surface area (Å²) >= 11 is 0. The van der Waals surface area contributed by atoms with Crippen LogP contribution in [0, 0.1) is 5.82 Å². The van der Waals surface area contributed by atoms with E-state index in [0.717, 1.165) is 6.07 Å². The zero-order valence-corrected chi connectivity index (χ0v) is 11.8. The number of halogens is 1. The maximum atomic E-state index is 13.7. The van der Waals surface area contributed by atoms with E-state index in [1.165, 1.54) is 12.3 Å². The molecule has 3 N–H and O–H groups in total. The minimum atomic E-state index is -2.07. The minimum absolute atomic E-state index is 0.391. The highest BCUT2D eigenvalue weighted by Gasteiger charge is 2.33. The number of aliphatic carboxylic acids is 1. The van der Waals surface area contributed by atoms with Gasteiger partial charge in [0.25, 0.3) is 0 Å². The number of aromatic nitrogens is 1. The molecule has 0 spiro atoms. The van der Waals surface area contributed by atoms with Crippen molar-refractivity contribution in [3.8, 4) is 0 Å². The van der Waals surface area contributed by atoms with E-state index in [2.05, 4.69) is 10.3 Å². The first kappa shape index (κ1) is 16.8. The van der Waals surface area contributed by atoms with E-state index in [-0.39, 0.29) is 0 Å². The molecular formula is C13H17FN2O5. The van der Waals surface area contributed by atoms with Crippen LogP contribution in [0.1, 0.15) is 32.5 Å². The molecule has 0 aliphatic carbocycles. The highest BCUT2D eigenvalue weighted by molar-refractivity contribution is 5.75. The fourth-order valence-electron chi connectivity index (χ4n) is 1.50. The number of nitrogens with one attached hydrogen (secondary N) is 1. The summed E-state index contributed by atoms with van der Waals surface area (Å²) in [5.41, 5.74) is -1.22. The molecule has 21 heavy (non-hydrogen) atoms. The van der Waals surface area contributed by atoms with E-state index in [1.807, 2.05) is 0 Å². The number of aliphatic hydroxyl groups excluding tert-OH is 1. The molecule has 2 atom stereocenters. The van der Waals surface area contributed by atoms with Crippen LogP contribution in [0.5, 0.6) is 0 Å². The Balaban J connectivity index is 3.02. The fourth-order valence-corrected chi connectivity index (χ4v) is 1.50. The number of carbonyl (C=O) groups excluding carboxylic acids is 1. The van der Waals surface area contributed by atoms with E-state index in [4.69, 9.17) is 9.84 Å². The van der Waals surface area contributed by atoms with Crippen LogP contribution in [0.3, 0.4) is 0 Å². The number of amides is 1. The second-order valence-electron chi connectivity index (χ2n) is 5.28. The Morgan fingerprint density at radius 1 is 1.43 bits per heavy atom. The van der Waals surface area contributed by atoms with Crippen LogP contribution in [-0.2, 0) is 9.53 Å². The van der Waals surface area contributed by atoms with Crippen LogP contribution < -0.4 is 5.32 Å². The van der Waals surface area contributed by atoms with Crippen LogP contribution in [0.15, 0.2) is 18.3 Å². The molecule has 7 nitrogen and oxygen atoms in total. The number of nitrogens with zero attached hydrogens (tertiary/aromatic N) is 1. The predicted molar refractivity (Wildman–Crippen MR) is 69.9 cm³/mol. The number of carboxylic acid groups (broad SMARTS) is 1. The predicted octanol–water partition coefficient (Wildman–Crippen LogP) is 1.23. The van der Waals surface area contributed by atoms with Gasteiger partial charge in [0.05, 0.1) is 0 Å². The summed E-state index contributed by atoms with van der Waals surface area (Å²) in [6.07, 6.45) is -1.84. The number of rotatable bonds is 4. The lowest BCUT2D eigenvalue weighted by Crippen LogP contribution is -2.43. The molecule has 1 rings (SSSR count). The summed E-state index contributed by atoms with van der Waals surface area (Å²) in [6.45, 7) is 4.82. The largest absolute Gasteiger partial charge is 0.479 e. The average Bonchev–Trinajstić information content (AvgIpc) is 2.34. The van der Waals surface area contributed by atoms with E-state index in [1.54, 1.807) is 20.8 Å². The smallest absolute Gasteiger partial charge is 0.408 e. The molecule has 1 heterocycles. The third-order valence-corrected chi connectivity index (χ3v) is 2.32. The van der Waals surface area contributed by atoms with Gasteiger partial charge in [-0.15, -0.1) is 0 Å². The van der Waals surface area contributed by atoms with Gasteiger partial charge in [0.15, 0.2) is 6.10 Å². The molecule has 1 amide bonds. The number of carboxylic acids is 1. The Bertz CT molecular complexity index is 530. The zero-order valence-electron chi connectivity index (χ0n) is 11.8. The topological polar surface area (TPSA) is 109 Å². The van der Waals surface area contributed by atoms with Gasteiger partial charge >= 0.3 is 12.1 Å². The SMILES string of the molecule is CC(C)(C)OC(=O)NC(c1ncccc1F)C(O)C(=O)O. The summed E-state index contributed by atoms with van der Waals surface area (Å²) in [6, 6.07) is 0.774. The van der Waals surface area contributed by atoms with Crippen LogP contribution in [0.25, 0.3) is 0 Å². The number of pyridine rings is 1. The number of hydrogen-bond acceptors (Lipinski definition) is 5. The van der Waals surface area contributed by atoms with Crippen LogP contribution in [0.4, 0.5) is 9.18 Å². The van der Waals surface area contributed by atoms with Crippen molar-refractivity contribution in [2.75, 3.05) is 0 Å². The maximum Gasteiger partial charge on any atom is 0.408 e. The zero-order chi connectivity index (χ0) is 16.2. The van der Waals surface area contributed by atoms with Crippen molar-refractivity contribution in [1.82, 2.24) is 10.3 Å². The molecule has 1 aromatic rings. The van der Waals surface area contributed by atoms with Gasteiger partial charge in [-0.05, 0) is 32.9 Å². The van der Waals surface area contributed by atoms with Crippen molar-refractivity contribution in [3.63, 3.8) is 0 Å². The van der Waals surface area contributed by atoms with Crippen molar-refractivity contribution in [2.24, 2.45) is 0 Å². The van der Waals surface area contributed by atoms with Crippen molar-refractivity contribution < 1.29 is 28.9 Å². The molecule has 1 aromatic heterocycles.